The molecule has 7 fully saturated rings. The van der Waals surface area contributed by atoms with Gasteiger partial charge < -0.3 is 46.8 Å². The quantitative estimate of drug-likeness (QED) is 0.0369. The number of nitrogens with zero attached hydrogens (tertiary/aromatic N) is 2. The first-order valence-electron chi connectivity index (χ1n) is 31.1. The summed E-state index contributed by atoms with van der Waals surface area (Å²) in [6.07, 6.45) is 8.85. The standard InChI is InChI=1S/C34H42ClN5O7S2.C31H37ClN4O6S/c1-5-19-16-34(19,32(45)39-49(46,47)21-12-13-21)38-29(42)23-15-20(36-30(43)27-26(35)22-8-6-7-9-24(22)48-27)17-40(23)31(44)28(33(2,3)4)37-25(41)14-18-10-11-18;1-5-17-14-31(17,29(41)42)35-26(38)20-13-18(33-27(39)24-23(32)19-8-6-7-9-21(19)43-24)15-36(20)28(40)25(30(2,3)4)34-22(37)12-16-10-11-16/h5-9,18-21,23,28H,1,10-17H2,2-4H3,(H,36,43)(H,37,41)(H,38,42)(H,39,45);5-9,16-18,20,25H,1,10-15H2,2-4H3,(H,33,39)(H,34,37)(H,35,38)(H,41,42)/t19?,20-,23+,28-,34?;17?,18-,20+,25-,31?/m11/s1. The molecular formula is C65H79Cl2N9O13S3. The lowest BCUT2D eigenvalue weighted by molar-refractivity contribution is -0.147. The smallest absolute Gasteiger partial charge is 0.330 e. The number of fused-ring (bicyclic) bond motifs is 2. The summed E-state index contributed by atoms with van der Waals surface area (Å²) in [4.78, 5) is 138. The first kappa shape index (κ1) is 67.9. The summed E-state index contributed by atoms with van der Waals surface area (Å²) in [5.74, 6) is -5.99. The predicted octanol–water partition coefficient (Wildman–Crippen LogP) is 6.98. The summed E-state index contributed by atoms with van der Waals surface area (Å²) >= 11 is 15.6. The number of thiophene rings is 2. The van der Waals surface area contributed by atoms with E-state index in [1.54, 1.807) is 0 Å². The molecule has 5 saturated carbocycles. The van der Waals surface area contributed by atoms with Crippen molar-refractivity contribution >= 4 is 135 Å². The van der Waals surface area contributed by atoms with Gasteiger partial charge in [-0.05, 0) is 99.0 Å². The summed E-state index contributed by atoms with van der Waals surface area (Å²) in [6, 6.07) is 9.33. The number of rotatable bonds is 22. The number of carboxylic acid groups (broad SMARTS) is 1. The molecule has 0 spiro atoms. The molecule has 2 aliphatic heterocycles. The van der Waals surface area contributed by atoms with Crippen molar-refractivity contribution in [3.05, 3.63) is 93.6 Å². The van der Waals surface area contributed by atoms with Crippen LogP contribution in [0.1, 0.15) is 138 Å². The Morgan fingerprint density at radius 2 is 1.02 bits per heavy atom. The van der Waals surface area contributed by atoms with E-state index in [1.807, 2.05) is 90.1 Å². The summed E-state index contributed by atoms with van der Waals surface area (Å²) in [5, 5.41) is 28.4. The van der Waals surface area contributed by atoms with Crippen LogP contribution in [0.15, 0.2) is 73.8 Å². The molecule has 0 bridgehead atoms. The lowest BCUT2D eigenvalue weighted by Gasteiger charge is -2.35. The van der Waals surface area contributed by atoms with Crippen LogP contribution in [-0.2, 0) is 48.4 Å². The van der Waals surface area contributed by atoms with Crippen molar-refractivity contribution in [1.82, 2.24) is 46.4 Å². The monoisotopic (exact) mass is 1360 g/mol. The fraction of sp³-hybridized carbons (Fsp3) is 0.538. The molecule has 10 atom stereocenters. The summed E-state index contributed by atoms with van der Waals surface area (Å²) < 4.78 is 29.1. The number of amides is 9. The molecule has 5 aliphatic carbocycles. The molecule has 4 unspecified atom stereocenters. The van der Waals surface area contributed by atoms with Gasteiger partial charge in [0.25, 0.3) is 17.7 Å². The van der Waals surface area contributed by atoms with Gasteiger partial charge in [-0.15, -0.1) is 35.8 Å². The zero-order valence-electron chi connectivity index (χ0n) is 52.2. The third kappa shape index (κ3) is 14.7. The van der Waals surface area contributed by atoms with Gasteiger partial charge in [-0.3, -0.25) is 47.9 Å². The maximum atomic E-state index is 14.3. The van der Waals surface area contributed by atoms with E-state index in [0.29, 0.717) is 57.3 Å². The number of likely N-dealkylation sites (tertiary alicyclic amines) is 2. The van der Waals surface area contributed by atoms with Crippen molar-refractivity contribution < 1.29 is 61.5 Å². The molecule has 2 saturated heterocycles. The number of hydrogen-bond acceptors (Lipinski definition) is 14. The Labute approximate surface area is 552 Å². The third-order valence-electron chi connectivity index (χ3n) is 18.4. The maximum Gasteiger partial charge on any atom is 0.330 e. The minimum absolute atomic E-state index is 0.00120. The van der Waals surface area contributed by atoms with Crippen molar-refractivity contribution in [3.63, 3.8) is 0 Å². The van der Waals surface area contributed by atoms with E-state index in [9.17, 15) is 61.5 Å². The van der Waals surface area contributed by atoms with E-state index in [1.165, 1.54) is 44.6 Å². The second-order valence-corrected chi connectivity index (χ2v) is 32.7. The number of halogens is 2. The molecule has 22 nitrogen and oxygen atoms in total. The minimum atomic E-state index is -3.89. The van der Waals surface area contributed by atoms with E-state index in [4.69, 9.17) is 23.2 Å². The molecule has 0 radical (unpaired) electrons. The van der Waals surface area contributed by atoms with Crippen LogP contribution in [0.3, 0.4) is 0 Å². The fourth-order valence-electron chi connectivity index (χ4n) is 12.3. The normalized spacial score (nSPS) is 25.7. The highest BCUT2D eigenvalue weighted by atomic mass is 35.5. The average Bonchev–Trinajstić information content (AvgIpc) is 1.58. The second-order valence-electron chi connectivity index (χ2n) is 27.8. The Kier molecular flexibility index (Phi) is 19.3. The van der Waals surface area contributed by atoms with Gasteiger partial charge in [0.15, 0.2) is 0 Å². The highest BCUT2D eigenvalue weighted by Gasteiger charge is 2.63. The number of carbonyl (C=O) groups is 10. The second kappa shape index (κ2) is 26.1. The van der Waals surface area contributed by atoms with Gasteiger partial charge in [-0.1, -0.05) is 113 Å². The lowest BCUT2D eigenvalue weighted by Crippen LogP contribution is -2.60. The minimum Gasteiger partial charge on any atom is -0.479 e. The van der Waals surface area contributed by atoms with Gasteiger partial charge in [0, 0.05) is 70.0 Å². The van der Waals surface area contributed by atoms with E-state index in [2.05, 4.69) is 49.8 Å². The van der Waals surface area contributed by atoms with E-state index >= 15 is 0 Å². The molecule has 4 heterocycles. The SMILES string of the molecule is C=CC1CC1(NC(=O)[C@@H]1C[C@@H](NC(=O)c2sc3ccccc3c2Cl)CN1C(=O)[C@@H](NC(=O)CC1CC1)C(C)(C)C)C(=O)NS(=O)(=O)C1CC1.C=CC1CC1(NC(=O)[C@@H]1C[C@@H](NC(=O)c2sc3ccccc3c2Cl)CN1C(=O)[C@@H](NC(=O)CC1CC1)C(C)(C)C)C(=O)O. The van der Waals surface area contributed by atoms with Crippen molar-refractivity contribution in [3.8, 4) is 0 Å². The average molecular weight is 1360 g/mol. The zero-order chi connectivity index (χ0) is 66.7. The molecular weight excluding hydrogens is 1280 g/mol. The first-order valence-corrected chi connectivity index (χ1v) is 35.1. The lowest BCUT2D eigenvalue weighted by atomic mass is 9.85. The summed E-state index contributed by atoms with van der Waals surface area (Å²) in [6.45, 7) is 18.3. The third-order valence-corrected chi connectivity index (χ3v) is 23.5. The maximum absolute atomic E-state index is 14.3. The van der Waals surface area contributed by atoms with Crippen LogP contribution in [0.4, 0.5) is 0 Å². The van der Waals surface area contributed by atoms with Crippen molar-refractivity contribution in [2.45, 2.75) is 171 Å². The van der Waals surface area contributed by atoms with Crippen LogP contribution >= 0.6 is 45.9 Å². The Morgan fingerprint density at radius 3 is 1.37 bits per heavy atom. The molecule has 494 valence electrons. The van der Waals surface area contributed by atoms with Gasteiger partial charge in [0.2, 0.25) is 45.5 Å². The fourth-order valence-corrected chi connectivity index (χ4v) is 16.5. The zero-order valence-corrected chi connectivity index (χ0v) is 56.1. The Morgan fingerprint density at radius 1 is 0.630 bits per heavy atom. The number of carboxylic acids is 1. The van der Waals surface area contributed by atoms with Crippen LogP contribution in [0, 0.1) is 34.5 Å². The molecule has 27 heteroatoms. The van der Waals surface area contributed by atoms with Crippen LogP contribution in [-0.4, -0.2) is 148 Å². The van der Waals surface area contributed by atoms with Gasteiger partial charge in [-0.25, -0.2) is 13.2 Å². The van der Waals surface area contributed by atoms with Gasteiger partial charge >= 0.3 is 5.97 Å². The summed E-state index contributed by atoms with van der Waals surface area (Å²) in [5.41, 5.74) is -4.45. The Balaban J connectivity index is 0.000000203. The number of nitrogens with one attached hydrogen (secondary N) is 7. The van der Waals surface area contributed by atoms with Crippen molar-refractivity contribution in [2.75, 3.05) is 13.1 Å². The number of benzene rings is 2. The van der Waals surface area contributed by atoms with E-state index in [-0.39, 0.29) is 50.6 Å². The van der Waals surface area contributed by atoms with Gasteiger partial charge in [0.1, 0.15) is 45.0 Å². The van der Waals surface area contributed by atoms with Crippen molar-refractivity contribution in [2.24, 2.45) is 34.5 Å². The molecule has 7 aliphatic rings. The molecule has 9 amide bonds. The molecule has 11 rings (SSSR count). The predicted molar refractivity (Wildman–Crippen MR) is 350 cm³/mol. The van der Waals surface area contributed by atoms with Crippen LogP contribution in [0.2, 0.25) is 10.0 Å². The molecule has 4 aromatic rings. The van der Waals surface area contributed by atoms with E-state index < -0.39 is 133 Å². The first-order chi connectivity index (χ1) is 43.3. The van der Waals surface area contributed by atoms with E-state index in [0.717, 1.165) is 45.9 Å². The summed E-state index contributed by atoms with van der Waals surface area (Å²) in [7, 11) is -3.89. The molecule has 2 aromatic carbocycles. The topological polar surface area (TPSA) is 316 Å². The number of carbonyl (C=O) groups excluding carboxylic acids is 9. The van der Waals surface area contributed by atoms with Crippen LogP contribution in [0.5, 0.6) is 0 Å². The van der Waals surface area contributed by atoms with Gasteiger partial charge in [-0.2, -0.15) is 0 Å². The Hall–Kier alpha value is -6.93. The van der Waals surface area contributed by atoms with Crippen LogP contribution < -0.4 is 36.6 Å². The molecule has 92 heavy (non-hydrogen) atoms. The van der Waals surface area contributed by atoms with Crippen molar-refractivity contribution in [1.29, 1.82) is 0 Å². The Bertz CT molecular complexity index is 3810. The van der Waals surface area contributed by atoms with Crippen LogP contribution in [0.25, 0.3) is 20.2 Å². The highest BCUT2D eigenvalue weighted by molar-refractivity contribution is 7.91. The molecule has 8 N–H and O–H groups in total. The highest BCUT2D eigenvalue weighted by Crippen LogP contribution is 2.47. The van der Waals surface area contributed by atoms with Gasteiger partial charge in [0.05, 0.1) is 15.3 Å². The number of sulfonamides is 1. The number of aliphatic carboxylic acids is 1. The molecule has 2 aromatic heterocycles. The largest absolute Gasteiger partial charge is 0.479 e. The number of hydrogen-bond donors (Lipinski definition) is 8.